The first kappa shape index (κ1) is 14.9. The third kappa shape index (κ3) is 2.19. The predicted octanol–water partition coefficient (Wildman–Crippen LogP) is 1.92. The number of nitrogens with zero attached hydrogens (tertiary/aromatic N) is 4. The van der Waals surface area contributed by atoms with Gasteiger partial charge in [0, 0.05) is 37.8 Å². The van der Waals surface area contributed by atoms with Gasteiger partial charge in [-0.25, -0.2) is 4.98 Å². The van der Waals surface area contributed by atoms with Crippen LogP contribution in [-0.4, -0.2) is 52.7 Å². The molecule has 1 saturated heterocycles. The second-order valence-electron chi connectivity index (χ2n) is 7.73. The van der Waals surface area contributed by atoms with Crippen LogP contribution in [0.4, 0.5) is 5.82 Å². The number of aromatic nitrogens is 3. The quantitative estimate of drug-likeness (QED) is 0.863. The third-order valence-corrected chi connectivity index (χ3v) is 6.24. The molecule has 0 saturated carbocycles. The van der Waals surface area contributed by atoms with E-state index in [9.17, 15) is 4.79 Å². The Kier molecular flexibility index (Phi) is 3.17. The smallest absolute Gasteiger partial charge is 0.272 e. The normalized spacial score (nSPS) is 24.7. The first-order chi connectivity index (χ1) is 12.2. The van der Waals surface area contributed by atoms with Gasteiger partial charge in [0.25, 0.3) is 5.91 Å². The maximum atomic E-state index is 13.1. The molecule has 6 heteroatoms. The van der Waals surface area contributed by atoms with Crippen LogP contribution in [0.5, 0.6) is 0 Å². The Bertz CT molecular complexity index is 844. The van der Waals surface area contributed by atoms with Gasteiger partial charge in [0.15, 0.2) is 0 Å². The second kappa shape index (κ2) is 5.31. The number of pyridine rings is 1. The summed E-state index contributed by atoms with van der Waals surface area (Å²) in [7, 11) is 2.04. The zero-order valence-corrected chi connectivity index (χ0v) is 14.6. The summed E-state index contributed by atoms with van der Waals surface area (Å²) in [6.45, 7) is 2.57. The topological polar surface area (TPSA) is 65.1 Å². The van der Waals surface area contributed by atoms with Crippen molar-refractivity contribution in [3.63, 3.8) is 0 Å². The Morgan fingerprint density at radius 3 is 3.04 bits per heavy atom. The number of fused-ring (bicyclic) bond motifs is 3. The Labute approximate surface area is 147 Å². The lowest BCUT2D eigenvalue weighted by Gasteiger charge is -2.40. The predicted molar refractivity (Wildman–Crippen MR) is 94.9 cm³/mol. The van der Waals surface area contributed by atoms with Crippen LogP contribution in [0.1, 0.15) is 46.6 Å². The van der Waals surface area contributed by atoms with Gasteiger partial charge >= 0.3 is 0 Å². The Morgan fingerprint density at radius 2 is 2.12 bits per heavy atom. The Morgan fingerprint density at radius 1 is 1.20 bits per heavy atom. The lowest BCUT2D eigenvalue weighted by Crippen LogP contribution is -2.48. The molecule has 1 N–H and O–H groups in total. The van der Waals surface area contributed by atoms with Gasteiger partial charge in [0.2, 0.25) is 0 Å². The zero-order chi connectivity index (χ0) is 17.0. The largest absolute Gasteiger partial charge is 0.359 e. The summed E-state index contributed by atoms with van der Waals surface area (Å²) in [5, 5.41) is 7.43. The van der Waals surface area contributed by atoms with Crippen molar-refractivity contribution in [1.29, 1.82) is 0 Å². The highest BCUT2D eigenvalue weighted by molar-refractivity contribution is 5.93. The molecule has 0 bridgehead atoms. The first-order valence-electron chi connectivity index (χ1n) is 9.19. The number of hydrogen-bond acceptors (Lipinski definition) is 4. The van der Waals surface area contributed by atoms with Crippen molar-refractivity contribution in [3.8, 4) is 0 Å². The molecule has 0 aromatic carbocycles. The van der Waals surface area contributed by atoms with Crippen LogP contribution in [0, 0.1) is 0 Å². The maximum absolute atomic E-state index is 13.1. The molecule has 6 nitrogen and oxygen atoms in total. The number of amides is 1. The fraction of sp³-hybridized carbons (Fsp3) is 0.526. The van der Waals surface area contributed by atoms with Crippen molar-refractivity contribution in [2.75, 3.05) is 31.6 Å². The van der Waals surface area contributed by atoms with E-state index in [2.05, 4.69) is 26.1 Å². The molecule has 2 aromatic rings. The molecule has 25 heavy (non-hydrogen) atoms. The van der Waals surface area contributed by atoms with E-state index in [1.54, 1.807) is 0 Å². The van der Waals surface area contributed by atoms with E-state index in [0.29, 0.717) is 5.69 Å². The van der Waals surface area contributed by atoms with Gasteiger partial charge in [-0.1, -0.05) is 6.07 Å². The molecular formula is C19H23N5O. The zero-order valence-electron chi connectivity index (χ0n) is 14.6. The van der Waals surface area contributed by atoms with Gasteiger partial charge in [0.05, 0.1) is 6.20 Å². The number of nitrogens with one attached hydrogen (secondary N) is 1. The summed E-state index contributed by atoms with van der Waals surface area (Å²) in [6.07, 6.45) is 7.31. The number of piperidine rings is 1. The summed E-state index contributed by atoms with van der Waals surface area (Å²) in [5.41, 5.74) is 4.46. The number of carbonyl (C=O) groups is 1. The molecule has 1 amide bonds. The summed E-state index contributed by atoms with van der Waals surface area (Å²) < 4.78 is 0. The number of hydrogen-bond donors (Lipinski definition) is 1. The third-order valence-electron chi connectivity index (χ3n) is 6.24. The van der Waals surface area contributed by atoms with Crippen LogP contribution in [0.15, 0.2) is 18.3 Å². The second-order valence-corrected chi connectivity index (χ2v) is 7.73. The maximum Gasteiger partial charge on any atom is 0.272 e. The molecule has 1 fully saturated rings. The molecule has 1 atom stereocenters. The van der Waals surface area contributed by atoms with Crippen molar-refractivity contribution in [2.45, 2.75) is 37.5 Å². The number of rotatable bonds is 1. The van der Waals surface area contributed by atoms with E-state index in [-0.39, 0.29) is 11.3 Å². The molecule has 1 aliphatic carbocycles. The van der Waals surface area contributed by atoms with Gasteiger partial charge in [-0.2, -0.15) is 5.10 Å². The van der Waals surface area contributed by atoms with Crippen molar-refractivity contribution >= 4 is 11.7 Å². The van der Waals surface area contributed by atoms with Gasteiger partial charge in [-0.05, 0) is 49.3 Å². The molecular weight excluding hydrogens is 314 g/mol. The van der Waals surface area contributed by atoms with Crippen LogP contribution in [0.2, 0.25) is 0 Å². The number of anilines is 1. The Balaban J connectivity index is 1.42. The van der Waals surface area contributed by atoms with Crippen molar-refractivity contribution in [1.82, 2.24) is 20.1 Å². The lowest BCUT2D eigenvalue weighted by molar-refractivity contribution is 0.0627. The fourth-order valence-corrected chi connectivity index (χ4v) is 4.85. The fourth-order valence-electron chi connectivity index (χ4n) is 4.85. The molecule has 1 unspecified atom stereocenters. The van der Waals surface area contributed by atoms with Crippen LogP contribution >= 0.6 is 0 Å². The number of carbonyl (C=O) groups excluding carboxylic acids is 1. The van der Waals surface area contributed by atoms with Crippen molar-refractivity contribution < 1.29 is 4.79 Å². The van der Waals surface area contributed by atoms with E-state index >= 15 is 0 Å². The average molecular weight is 337 g/mol. The number of aryl methyl sites for hydroxylation is 1. The standard InChI is InChI=1S/C19H23N5O/c1-23-10-6-13-3-4-15(21-17(13)23)18(25)24-9-2-7-19(12-24)8-5-14-11-20-22-16(14)19/h3-4,11H,2,5-10,12H2,1H3,(H,20,22). The molecule has 2 aromatic heterocycles. The van der Waals surface area contributed by atoms with Crippen molar-refractivity contribution in [2.24, 2.45) is 0 Å². The minimum atomic E-state index is 0.0628. The van der Waals surface area contributed by atoms with E-state index < -0.39 is 0 Å². The van der Waals surface area contributed by atoms with E-state index in [1.165, 1.54) is 16.8 Å². The van der Waals surface area contributed by atoms with Gasteiger partial charge < -0.3 is 9.80 Å². The SMILES string of the molecule is CN1CCc2ccc(C(=O)N3CCCC4(CCc5cn[nH]c54)C3)nc21. The summed E-state index contributed by atoms with van der Waals surface area (Å²) in [6, 6.07) is 3.97. The van der Waals surface area contributed by atoms with Gasteiger partial charge in [0.1, 0.15) is 11.5 Å². The van der Waals surface area contributed by atoms with Crippen LogP contribution < -0.4 is 4.90 Å². The van der Waals surface area contributed by atoms with E-state index in [4.69, 9.17) is 0 Å². The Hall–Kier alpha value is -2.37. The average Bonchev–Trinajstić information content (AvgIpc) is 3.33. The highest BCUT2D eigenvalue weighted by Gasteiger charge is 2.44. The van der Waals surface area contributed by atoms with Crippen LogP contribution in [0.3, 0.4) is 0 Å². The summed E-state index contributed by atoms with van der Waals surface area (Å²) in [5.74, 6) is 1.03. The minimum Gasteiger partial charge on any atom is -0.359 e. The molecule has 0 radical (unpaired) electrons. The van der Waals surface area contributed by atoms with Crippen LogP contribution in [-0.2, 0) is 18.3 Å². The molecule has 2 aliphatic heterocycles. The van der Waals surface area contributed by atoms with Crippen molar-refractivity contribution in [3.05, 3.63) is 40.8 Å². The monoisotopic (exact) mass is 337 g/mol. The van der Waals surface area contributed by atoms with E-state index in [1.807, 2.05) is 24.2 Å². The molecule has 5 rings (SSSR count). The molecule has 1 spiro atoms. The lowest BCUT2D eigenvalue weighted by atomic mass is 9.77. The number of aromatic amines is 1. The van der Waals surface area contributed by atoms with Gasteiger partial charge in [-0.15, -0.1) is 0 Å². The summed E-state index contributed by atoms with van der Waals surface area (Å²) >= 11 is 0. The summed E-state index contributed by atoms with van der Waals surface area (Å²) in [4.78, 5) is 21.9. The van der Waals surface area contributed by atoms with Gasteiger partial charge in [-0.3, -0.25) is 9.89 Å². The number of likely N-dealkylation sites (N-methyl/N-ethyl adjacent to an activating group) is 1. The van der Waals surface area contributed by atoms with E-state index in [0.717, 1.165) is 57.6 Å². The molecule has 130 valence electrons. The van der Waals surface area contributed by atoms with Crippen LogP contribution in [0.25, 0.3) is 0 Å². The first-order valence-corrected chi connectivity index (χ1v) is 9.19. The minimum absolute atomic E-state index is 0.0628. The molecule has 4 heterocycles. The highest BCUT2D eigenvalue weighted by atomic mass is 16.2. The number of likely N-dealkylation sites (tertiary alicyclic amines) is 1. The number of H-pyrrole nitrogens is 1. The highest BCUT2D eigenvalue weighted by Crippen LogP contribution is 2.44. The molecule has 3 aliphatic rings.